The Kier molecular flexibility index (Phi) is 62.2. The van der Waals surface area contributed by atoms with E-state index in [4.69, 9.17) is 18.9 Å². The lowest BCUT2D eigenvalue weighted by Gasteiger charge is -2.46. The molecule has 566 valence electrons. The van der Waals surface area contributed by atoms with Crippen molar-refractivity contribution in [3.8, 4) is 0 Å². The van der Waals surface area contributed by atoms with Gasteiger partial charge in [-0.2, -0.15) is 0 Å². The van der Waals surface area contributed by atoms with E-state index in [0.29, 0.717) is 12.8 Å². The lowest BCUT2D eigenvalue weighted by Crippen LogP contribution is -2.65. The van der Waals surface area contributed by atoms with Crippen LogP contribution in [0.4, 0.5) is 0 Å². The van der Waals surface area contributed by atoms with Crippen LogP contribution in [0.2, 0.25) is 0 Å². The van der Waals surface area contributed by atoms with Crippen molar-refractivity contribution in [1.82, 2.24) is 5.32 Å². The van der Waals surface area contributed by atoms with Crippen molar-refractivity contribution in [3.05, 3.63) is 72.9 Å². The van der Waals surface area contributed by atoms with Gasteiger partial charge in [-0.15, -0.1) is 0 Å². The molecule has 0 aromatic carbocycles. The Labute approximate surface area is 593 Å². The summed E-state index contributed by atoms with van der Waals surface area (Å²) in [5.74, 6) is -0.243. The van der Waals surface area contributed by atoms with Crippen LogP contribution in [0, 0.1) is 0 Å². The van der Waals surface area contributed by atoms with E-state index in [1.807, 2.05) is 6.08 Å². The molecule has 0 aromatic heterocycles. The topological polar surface area (TPSA) is 228 Å². The maximum absolute atomic E-state index is 13.4. The number of ether oxygens (including phenoxy) is 4. The quantitative estimate of drug-likeness (QED) is 0.0204. The third kappa shape index (κ3) is 49.6. The van der Waals surface area contributed by atoms with Gasteiger partial charge < -0.3 is 65.1 Å². The minimum Gasteiger partial charge on any atom is -0.394 e. The van der Waals surface area contributed by atoms with Crippen LogP contribution in [0.1, 0.15) is 354 Å². The summed E-state index contributed by atoms with van der Waals surface area (Å²) in [6.45, 7) is 2.72. The summed E-state index contributed by atoms with van der Waals surface area (Å²) in [6.07, 6.45) is 75.8. The molecular formula is C83H151NO13. The van der Waals surface area contributed by atoms with E-state index in [2.05, 4.69) is 79.9 Å². The third-order valence-electron chi connectivity index (χ3n) is 19.6. The number of amides is 1. The van der Waals surface area contributed by atoms with E-state index < -0.39 is 86.8 Å². The third-order valence-corrected chi connectivity index (χ3v) is 19.6. The molecule has 1 amide bonds. The van der Waals surface area contributed by atoms with Gasteiger partial charge in [-0.3, -0.25) is 4.79 Å². The van der Waals surface area contributed by atoms with Gasteiger partial charge in [0.1, 0.15) is 48.8 Å². The Morgan fingerprint density at radius 2 is 0.722 bits per heavy atom. The minimum atomic E-state index is -1.79. The zero-order valence-corrected chi connectivity index (χ0v) is 62.1. The van der Waals surface area contributed by atoms with Crippen molar-refractivity contribution in [2.24, 2.45) is 0 Å². The maximum atomic E-state index is 13.4. The first-order valence-electron chi connectivity index (χ1n) is 40.7. The van der Waals surface area contributed by atoms with Crippen molar-refractivity contribution >= 4 is 5.91 Å². The van der Waals surface area contributed by atoms with Crippen LogP contribution >= 0.6 is 0 Å². The molecule has 12 unspecified atom stereocenters. The highest BCUT2D eigenvalue weighted by Crippen LogP contribution is 2.30. The van der Waals surface area contributed by atoms with Gasteiger partial charge in [-0.1, -0.05) is 350 Å². The van der Waals surface area contributed by atoms with Gasteiger partial charge in [0.2, 0.25) is 5.91 Å². The van der Waals surface area contributed by atoms with Gasteiger partial charge in [0.15, 0.2) is 12.6 Å². The summed E-state index contributed by atoms with van der Waals surface area (Å²) in [5.41, 5.74) is 0. The Hall–Kier alpha value is -2.57. The molecule has 0 radical (unpaired) electrons. The molecule has 14 heteroatoms. The van der Waals surface area contributed by atoms with Crippen LogP contribution < -0.4 is 5.32 Å². The fraction of sp³-hybridized carbons (Fsp3) is 0.843. The van der Waals surface area contributed by atoms with Gasteiger partial charge >= 0.3 is 0 Å². The van der Waals surface area contributed by atoms with Crippen LogP contribution in [-0.2, 0) is 23.7 Å². The summed E-state index contributed by atoms with van der Waals surface area (Å²) in [6, 6.07) is -0.933. The molecule has 14 nitrogen and oxygen atoms in total. The first-order valence-corrected chi connectivity index (χ1v) is 40.7. The zero-order valence-electron chi connectivity index (χ0n) is 62.1. The van der Waals surface area contributed by atoms with Crippen molar-refractivity contribution in [2.45, 2.75) is 428 Å². The SMILES string of the molecule is CC/C=C\C/C=C\C/C=C\C/C=C\CCCCCCCCCCCCCCCCCCCCCCCCCCCCCCC(=O)NC(COC1OC(CO)C(OC2OC(CO)C(O)C(O)C2O)C(O)C1O)C(O)/C=C/CC/C=C/CCCCCCCCCCCCCCCCCC. The van der Waals surface area contributed by atoms with Crippen LogP contribution in [-0.4, -0.2) is 140 Å². The molecule has 2 rings (SSSR count). The van der Waals surface area contributed by atoms with Gasteiger partial charge in [0.05, 0.1) is 32.0 Å². The lowest BCUT2D eigenvalue weighted by molar-refractivity contribution is -0.359. The van der Waals surface area contributed by atoms with Crippen LogP contribution in [0.25, 0.3) is 0 Å². The van der Waals surface area contributed by atoms with E-state index >= 15 is 0 Å². The number of allylic oxidation sites excluding steroid dienone is 11. The number of carbonyl (C=O) groups is 1. The zero-order chi connectivity index (χ0) is 70.1. The predicted octanol–water partition coefficient (Wildman–Crippen LogP) is 18.5. The van der Waals surface area contributed by atoms with Gasteiger partial charge in [0, 0.05) is 6.42 Å². The maximum Gasteiger partial charge on any atom is 0.220 e. The highest BCUT2D eigenvalue weighted by molar-refractivity contribution is 5.76. The molecule has 2 saturated heterocycles. The molecule has 2 aliphatic rings. The van der Waals surface area contributed by atoms with Crippen LogP contribution in [0.3, 0.4) is 0 Å². The minimum absolute atomic E-state index is 0.243. The standard InChI is InChI=1S/C83H151NO13/c1-3-5-7-9-11-13-15-17-19-21-23-25-27-28-29-30-31-32-33-34-35-36-37-38-39-40-41-42-43-44-45-47-49-51-53-55-57-59-61-63-65-67-75(88)84-71(70-94-82-80(93)78(91)81(74(69-86)96-82)97-83-79(92)77(90)76(89)73(68-85)95-83)72(87)66-64-62-60-58-56-54-52-50-48-46-26-24-22-20-18-16-14-12-10-8-6-4-2/h5,7,11,13,17,19,23,25,56,58,64,66,71-74,76-83,85-87,89-93H,3-4,6,8-10,12,14-16,18,20-22,24,26-55,57,59-63,65,67-70H2,1-2H3,(H,84,88)/b7-5-,13-11-,19-17-,25-23-,58-56+,66-64+. The number of aliphatic hydroxyl groups excluding tert-OH is 8. The van der Waals surface area contributed by atoms with E-state index in [0.717, 1.165) is 57.8 Å². The predicted molar refractivity (Wildman–Crippen MR) is 401 cm³/mol. The summed E-state index contributed by atoms with van der Waals surface area (Å²) in [5, 5.41) is 87.6. The Morgan fingerprint density at radius 3 is 1.13 bits per heavy atom. The second-order valence-corrected chi connectivity index (χ2v) is 28.5. The van der Waals surface area contributed by atoms with E-state index in [1.165, 1.54) is 263 Å². The highest BCUT2D eigenvalue weighted by Gasteiger charge is 2.51. The van der Waals surface area contributed by atoms with Crippen molar-refractivity contribution in [2.75, 3.05) is 19.8 Å². The summed E-state index contributed by atoms with van der Waals surface area (Å²) < 4.78 is 22.9. The molecule has 0 aliphatic carbocycles. The van der Waals surface area contributed by atoms with E-state index in [1.54, 1.807) is 6.08 Å². The first kappa shape index (κ1) is 90.5. The van der Waals surface area contributed by atoms with Crippen molar-refractivity contribution in [3.63, 3.8) is 0 Å². The van der Waals surface area contributed by atoms with Crippen LogP contribution in [0.15, 0.2) is 72.9 Å². The lowest BCUT2D eigenvalue weighted by atomic mass is 9.97. The number of hydrogen-bond donors (Lipinski definition) is 9. The molecule has 97 heavy (non-hydrogen) atoms. The van der Waals surface area contributed by atoms with Crippen molar-refractivity contribution < 1.29 is 64.6 Å². The fourth-order valence-corrected chi connectivity index (χ4v) is 13.2. The molecule has 9 N–H and O–H groups in total. The molecule has 2 aliphatic heterocycles. The number of unbranched alkanes of at least 4 members (excludes halogenated alkanes) is 45. The summed E-state index contributed by atoms with van der Waals surface area (Å²) in [4.78, 5) is 13.4. The largest absolute Gasteiger partial charge is 0.394 e. The average molecular weight is 1370 g/mol. The number of rotatable bonds is 68. The number of carbonyl (C=O) groups excluding carboxylic acids is 1. The second kappa shape index (κ2) is 66.7. The smallest absolute Gasteiger partial charge is 0.220 e. The molecule has 2 heterocycles. The Balaban J connectivity index is 1.56. The molecule has 0 spiro atoms. The number of hydrogen-bond acceptors (Lipinski definition) is 13. The summed E-state index contributed by atoms with van der Waals surface area (Å²) in [7, 11) is 0. The van der Waals surface area contributed by atoms with E-state index in [-0.39, 0.29) is 18.9 Å². The second-order valence-electron chi connectivity index (χ2n) is 28.5. The monoisotopic (exact) mass is 1370 g/mol. The van der Waals surface area contributed by atoms with Gasteiger partial charge in [-0.05, 0) is 70.6 Å². The van der Waals surface area contributed by atoms with Crippen LogP contribution in [0.5, 0.6) is 0 Å². The Bertz CT molecular complexity index is 1910. The highest BCUT2D eigenvalue weighted by atomic mass is 16.7. The number of aliphatic hydroxyl groups is 8. The molecule has 0 saturated carbocycles. The average Bonchev–Trinajstić information content (AvgIpc) is 0.794. The normalized spacial score (nSPS) is 22.5. The molecule has 0 aromatic rings. The van der Waals surface area contributed by atoms with E-state index in [9.17, 15) is 45.6 Å². The number of nitrogens with one attached hydrogen (secondary N) is 1. The Morgan fingerprint density at radius 1 is 0.381 bits per heavy atom. The molecule has 2 fully saturated rings. The molecular weight excluding hydrogens is 1220 g/mol. The van der Waals surface area contributed by atoms with Crippen molar-refractivity contribution in [1.29, 1.82) is 0 Å². The van der Waals surface area contributed by atoms with Gasteiger partial charge in [0.25, 0.3) is 0 Å². The molecule has 0 bridgehead atoms. The summed E-state index contributed by atoms with van der Waals surface area (Å²) >= 11 is 0. The molecule has 12 atom stereocenters. The van der Waals surface area contributed by atoms with Gasteiger partial charge in [-0.25, -0.2) is 0 Å². The fourth-order valence-electron chi connectivity index (χ4n) is 13.2. The first-order chi connectivity index (χ1) is 47.6.